The van der Waals surface area contributed by atoms with Gasteiger partial charge in [0, 0.05) is 30.6 Å². The minimum atomic E-state index is -0.344. The van der Waals surface area contributed by atoms with Crippen LogP contribution in [0.1, 0.15) is 16.1 Å². The van der Waals surface area contributed by atoms with Crippen molar-refractivity contribution >= 4 is 5.91 Å². The van der Waals surface area contributed by atoms with Crippen molar-refractivity contribution in [2.75, 3.05) is 13.9 Å². The number of amides is 1. The molecule has 32 heavy (non-hydrogen) atoms. The summed E-state index contributed by atoms with van der Waals surface area (Å²) in [5.41, 5.74) is 3.14. The Morgan fingerprint density at radius 3 is 2.78 bits per heavy atom. The van der Waals surface area contributed by atoms with Crippen molar-refractivity contribution in [2.45, 2.75) is 6.54 Å². The molecule has 5 rings (SSSR count). The largest absolute Gasteiger partial charge is 0.497 e. The predicted octanol–water partition coefficient (Wildman–Crippen LogP) is 3.00. The Labute approximate surface area is 183 Å². The maximum absolute atomic E-state index is 13.1. The summed E-state index contributed by atoms with van der Waals surface area (Å²) in [6.07, 6.45) is 3.32. The van der Waals surface area contributed by atoms with Crippen LogP contribution in [-0.4, -0.2) is 39.8 Å². The second-order valence-electron chi connectivity index (χ2n) is 7.01. The van der Waals surface area contributed by atoms with E-state index in [0.717, 1.165) is 16.8 Å². The molecule has 0 spiro atoms. The molecule has 1 aliphatic rings. The van der Waals surface area contributed by atoms with Crippen molar-refractivity contribution in [1.82, 2.24) is 25.3 Å². The van der Waals surface area contributed by atoms with Crippen LogP contribution in [0.25, 0.3) is 16.9 Å². The van der Waals surface area contributed by atoms with E-state index in [2.05, 4.69) is 20.6 Å². The van der Waals surface area contributed by atoms with Gasteiger partial charge in [0.05, 0.1) is 12.8 Å². The van der Waals surface area contributed by atoms with Crippen LogP contribution in [0.4, 0.5) is 0 Å². The van der Waals surface area contributed by atoms with Crippen LogP contribution in [0.2, 0.25) is 0 Å². The molecule has 9 nitrogen and oxygen atoms in total. The molecule has 0 bridgehead atoms. The summed E-state index contributed by atoms with van der Waals surface area (Å²) in [5.74, 6) is 1.69. The number of hydrogen-bond donors (Lipinski definition) is 1. The number of carbonyl (C=O) groups excluding carboxylic acids is 1. The average molecular weight is 429 g/mol. The van der Waals surface area contributed by atoms with Gasteiger partial charge in [0.15, 0.2) is 17.2 Å². The lowest BCUT2D eigenvalue weighted by Crippen LogP contribution is -2.24. The zero-order valence-corrected chi connectivity index (χ0v) is 17.2. The summed E-state index contributed by atoms with van der Waals surface area (Å²) in [5, 5.41) is 11.4. The number of ether oxygens (including phenoxy) is 3. The smallest absolute Gasteiger partial charge is 0.274 e. The van der Waals surface area contributed by atoms with Gasteiger partial charge in [-0.15, -0.1) is 5.10 Å². The van der Waals surface area contributed by atoms with E-state index in [0.29, 0.717) is 29.5 Å². The molecular weight excluding hydrogens is 410 g/mol. The average Bonchev–Trinajstić information content (AvgIpc) is 3.50. The monoisotopic (exact) mass is 429 g/mol. The Balaban J connectivity index is 1.46. The molecule has 0 saturated carbocycles. The predicted molar refractivity (Wildman–Crippen MR) is 115 cm³/mol. The van der Waals surface area contributed by atoms with Crippen LogP contribution < -0.4 is 19.5 Å². The summed E-state index contributed by atoms with van der Waals surface area (Å²) >= 11 is 0. The summed E-state index contributed by atoms with van der Waals surface area (Å²) < 4.78 is 17.7. The summed E-state index contributed by atoms with van der Waals surface area (Å²) in [6, 6.07) is 16.6. The van der Waals surface area contributed by atoms with Gasteiger partial charge in [-0.05, 0) is 42.0 Å². The van der Waals surface area contributed by atoms with Gasteiger partial charge in [-0.25, -0.2) is 4.68 Å². The van der Waals surface area contributed by atoms with Crippen molar-refractivity contribution in [3.8, 4) is 34.2 Å². The molecule has 0 fully saturated rings. The van der Waals surface area contributed by atoms with Crippen molar-refractivity contribution in [2.24, 2.45) is 0 Å². The minimum absolute atomic E-state index is 0.202. The molecule has 0 aliphatic carbocycles. The Bertz CT molecular complexity index is 1270. The number of nitrogens with zero attached hydrogens (tertiary/aromatic N) is 4. The van der Waals surface area contributed by atoms with Crippen molar-refractivity contribution in [3.63, 3.8) is 0 Å². The first-order valence-electron chi connectivity index (χ1n) is 9.90. The Morgan fingerprint density at radius 2 is 1.94 bits per heavy atom. The highest BCUT2D eigenvalue weighted by Gasteiger charge is 2.22. The third-order valence-electron chi connectivity index (χ3n) is 5.03. The third-order valence-corrected chi connectivity index (χ3v) is 5.03. The van der Waals surface area contributed by atoms with Crippen LogP contribution >= 0.6 is 0 Å². The number of fused-ring (bicyclic) bond motifs is 1. The summed E-state index contributed by atoms with van der Waals surface area (Å²) in [4.78, 5) is 17.2. The second-order valence-corrected chi connectivity index (χ2v) is 7.01. The number of aromatic nitrogens is 4. The first-order valence-corrected chi connectivity index (χ1v) is 9.90. The molecule has 0 atom stereocenters. The van der Waals surface area contributed by atoms with Gasteiger partial charge >= 0.3 is 0 Å². The Kier molecular flexibility index (Phi) is 5.12. The van der Waals surface area contributed by atoms with E-state index in [4.69, 9.17) is 14.2 Å². The van der Waals surface area contributed by atoms with Crippen LogP contribution in [0.15, 0.2) is 67.0 Å². The lowest BCUT2D eigenvalue weighted by molar-refractivity contribution is 0.0946. The topological polar surface area (TPSA) is 100 Å². The van der Waals surface area contributed by atoms with Crippen molar-refractivity contribution < 1.29 is 19.0 Å². The van der Waals surface area contributed by atoms with E-state index < -0.39 is 0 Å². The third kappa shape index (κ3) is 3.71. The van der Waals surface area contributed by atoms with E-state index in [1.54, 1.807) is 24.2 Å². The van der Waals surface area contributed by atoms with Crippen molar-refractivity contribution in [3.05, 3.63) is 78.2 Å². The van der Waals surface area contributed by atoms with Gasteiger partial charge in [0.25, 0.3) is 5.91 Å². The highest BCUT2D eigenvalue weighted by Crippen LogP contribution is 2.32. The van der Waals surface area contributed by atoms with E-state index in [-0.39, 0.29) is 18.4 Å². The molecule has 3 heterocycles. The van der Waals surface area contributed by atoms with Crippen LogP contribution in [0, 0.1) is 0 Å². The zero-order valence-electron chi connectivity index (χ0n) is 17.2. The normalized spacial score (nSPS) is 11.9. The number of pyridine rings is 1. The first kappa shape index (κ1) is 19.6. The molecule has 1 aliphatic heterocycles. The van der Waals surface area contributed by atoms with Crippen molar-refractivity contribution in [1.29, 1.82) is 0 Å². The van der Waals surface area contributed by atoms with E-state index >= 15 is 0 Å². The Morgan fingerprint density at radius 1 is 1.09 bits per heavy atom. The van der Waals surface area contributed by atoms with E-state index in [1.807, 2.05) is 54.6 Å². The first-order chi connectivity index (χ1) is 15.7. The van der Waals surface area contributed by atoms with Gasteiger partial charge < -0.3 is 19.5 Å². The highest BCUT2D eigenvalue weighted by atomic mass is 16.7. The number of methoxy groups -OCH3 is 1. The molecule has 9 heteroatoms. The molecule has 2 aromatic carbocycles. The van der Waals surface area contributed by atoms with Gasteiger partial charge in [-0.2, -0.15) is 0 Å². The van der Waals surface area contributed by atoms with Gasteiger partial charge in [-0.3, -0.25) is 9.78 Å². The molecular formula is C23H19N5O4. The molecule has 0 radical (unpaired) electrons. The second kappa shape index (κ2) is 8.38. The van der Waals surface area contributed by atoms with Crippen LogP contribution in [0.5, 0.6) is 17.2 Å². The molecule has 4 aromatic rings. The fraction of sp³-hybridized carbons (Fsp3) is 0.130. The van der Waals surface area contributed by atoms with Crippen LogP contribution in [-0.2, 0) is 6.54 Å². The number of nitrogens with one attached hydrogen (secondary N) is 1. The lowest BCUT2D eigenvalue weighted by Gasteiger charge is -2.10. The Hall–Kier alpha value is -4.40. The molecule has 0 saturated heterocycles. The van der Waals surface area contributed by atoms with E-state index in [1.165, 1.54) is 0 Å². The standard InChI is InChI=1S/C23H19N5O4/c1-30-18-4-2-3-17(12-18)28-22(16-7-9-24-10-8-16)21(26-27-28)23(29)25-13-15-5-6-19-20(11-15)32-14-31-19/h2-12H,13-14H2,1H3,(H,25,29). The SMILES string of the molecule is COc1cccc(-n2nnc(C(=O)NCc3ccc4c(c3)OCO4)c2-c2ccncc2)c1. The van der Waals surface area contributed by atoms with Crippen LogP contribution in [0.3, 0.4) is 0 Å². The summed E-state index contributed by atoms with van der Waals surface area (Å²) in [7, 11) is 1.60. The fourth-order valence-corrected chi connectivity index (χ4v) is 3.44. The molecule has 0 unspecified atom stereocenters. The number of rotatable bonds is 6. The lowest BCUT2D eigenvalue weighted by atomic mass is 10.1. The molecule has 1 amide bonds. The summed E-state index contributed by atoms with van der Waals surface area (Å²) in [6.45, 7) is 0.505. The quantitative estimate of drug-likeness (QED) is 0.503. The van der Waals surface area contributed by atoms with Gasteiger partial charge in [0.1, 0.15) is 11.4 Å². The molecule has 2 aromatic heterocycles. The molecule has 1 N–H and O–H groups in total. The minimum Gasteiger partial charge on any atom is -0.497 e. The molecule has 160 valence electrons. The van der Waals surface area contributed by atoms with Gasteiger partial charge in [-0.1, -0.05) is 17.3 Å². The zero-order chi connectivity index (χ0) is 21.9. The number of carbonyl (C=O) groups is 1. The number of hydrogen-bond acceptors (Lipinski definition) is 7. The fourth-order valence-electron chi connectivity index (χ4n) is 3.44. The highest BCUT2D eigenvalue weighted by molar-refractivity contribution is 5.98. The maximum atomic E-state index is 13.1. The van der Waals surface area contributed by atoms with Gasteiger partial charge in [0.2, 0.25) is 6.79 Å². The number of benzene rings is 2. The van der Waals surface area contributed by atoms with E-state index in [9.17, 15) is 4.79 Å². The maximum Gasteiger partial charge on any atom is 0.274 e.